The molecule has 194 valence electrons. The molecule has 0 radical (unpaired) electrons. The molecule has 1 aliphatic rings. The molecule has 1 fully saturated rings. The number of imide groups is 1. The van der Waals surface area contributed by atoms with E-state index in [2.05, 4.69) is 10.6 Å². The molecule has 9 heteroatoms. The molecule has 2 N–H and O–H groups in total. The van der Waals surface area contributed by atoms with Crippen molar-refractivity contribution in [2.24, 2.45) is 0 Å². The van der Waals surface area contributed by atoms with E-state index in [1.165, 1.54) is 0 Å². The second-order valence-electron chi connectivity index (χ2n) is 8.91. The van der Waals surface area contributed by atoms with Crippen LogP contribution < -0.4 is 15.4 Å². The van der Waals surface area contributed by atoms with E-state index in [0.717, 1.165) is 33.4 Å². The first-order valence-electron chi connectivity index (χ1n) is 11.9. The molecule has 8 nitrogen and oxygen atoms in total. The number of nitrogens with zero attached hydrogens (tertiary/aromatic N) is 1. The molecular weight excluding hydrogens is 502 g/mol. The molecule has 1 saturated heterocycles. The highest BCUT2D eigenvalue weighted by molar-refractivity contribution is 8.18. The van der Waals surface area contributed by atoms with Crippen LogP contribution in [0.1, 0.15) is 22.3 Å². The first-order chi connectivity index (χ1) is 18.2. The van der Waals surface area contributed by atoms with Crippen molar-refractivity contribution < 1.29 is 23.9 Å². The Labute approximate surface area is 225 Å². The van der Waals surface area contributed by atoms with Gasteiger partial charge in [-0.1, -0.05) is 47.5 Å². The number of hydrogen-bond donors (Lipinski definition) is 2. The van der Waals surface area contributed by atoms with E-state index >= 15 is 0 Å². The van der Waals surface area contributed by atoms with Crippen LogP contribution in [0.2, 0.25) is 0 Å². The molecule has 0 aromatic heterocycles. The Balaban J connectivity index is 1.31. The van der Waals surface area contributed by atoms with Crippen molar-refractivity contribution in [3.05, 3.63) is 93.9 Å². The van der Waals surface area contributed by atoms with Crippen LogP contribution in [0.5, 0.6) is 5.75 Å². The van der Waals surface area contributed by atoms with Crippen LogP contribution in [-0.2, 0) is 14.4 Å². The summed E-state index contributed by atoms with van der Waals surface area (Å²) >= 11 is 0.784. The van der Waals surface area contributed by atoms with Crippen molar-refractivity contribution in [3.63, 3.8) is 0 Å². The largest absolute Gasteiger partial charge is 0.484 e. The average Bonchev–Trinajstić information content (AvgIpc) is 3.14. The summed E-state index contributed by atoms with van der Waals surface area (Å²) in [5, 5.41) is 5.02. The van der Waals surface area contributed by atoms with Gasteiger partial charge in [0.25, 0.3) is 17.1 Å². The third kappa shape index (κ3) is 6.89. The number of benzene rings is 3. The number of hydrogen-bond acceptors (Lipinski definition) is 6. The molecule has 0 spiro atoms. The van der Waals surface area contributed by atoms with Crippen LogP contribution >= 0.6 is 11.8 Å². The highest BCUT2D eigenvalue weighted by Crippen LogP contribution is 2.32. The maximum absolute atomic E-state index is 12.8. The quantitative estimate of drug-likeness (QED) is 0.384. The van der Waals surface area contributed by atoms with E-state index in [0.29, 0.717) is 22.7 Å². The van der Waals surface area contributed by atoms with E-state index in [9.17, 15) is 19.2 Å². The van der Waals surface area contributed by atoms with Crippen molar-refractivity contribution in [1.29, 1.82) is 0 Å². The summed E-state index contributed by atoms with van der Waals surface area (Å²) in [6, 6.07) is 19.8. The fraction of sp³-hybridized carbons (Fsp3) is 0.172. The summed E-state index contributed by atoms with van der Waals surface area (Å²) < 4.78 is 5.54. The second-order valence-corrected chi connectivity index (χ2v) is 9.90. The number of thioether (sulfide) groups is 1. The Kier molecular flexibility index (Phi) is 8.28. The molecule has 0 aliphatic carbocycles. The zero-order valence-electron chi connectivity index (χ0n) is 21.2. The first kappa shape index (κ1) is 26.7. The van der Waals surface area contributed by atoms with Gasteiger partial charge >= 0.3 is 0 Å². The third-order valence-electron chi connectivity index (χ3n) is 5.71. The Morgan fingerprint density at radius 1 is 0.868 bits per heavy atom. The van der Waals surface area contributed by atoms with Crippen LogP contribution in [0.4, 0.5) is 16.2 Å². The SMILES string of the molecule is Cc1ccc(NC(=O)COc2ccc(/C=C3/SC(=O)N(CC(=O)Nc4ccc(C)cc4C)C3=O)cc2)cc1. The second kappa shape index (κ2) is 11.8. The molecule has 0 saturated carbocycles. The molecule has 0 bridgehead atoms. The van der Waals surface area contributed by atoms with Gasteiger partial charge in [0.15, 0.2) is 6.61 Å². The van der Waals surface area contributed by atoms with Gasteiger partial charge in [-0.2, -0.15) is 0 Å². The Morgan fingerprint density at radius 2 is 1.55 bits per heavy atom. The lowest BCUT2D eigenvalue weighted by Gasteiger charge is -2.14. The van der Waals surface area contributed by atoms with Crippen molar-refractivity contribution in [1.82, 2.24) is 4.90 Å². The summed E-state index contributed by atoms with van der Waals surface area (Å²) in [5.74, 6) is -0.775. The third-order valence-corrected chi connectivity index (χ3v) is 6.62. The van der Waals surface area contributed by atoms with Crippen LogP contribution in [0.3, 0.4) is 0 Å². The summed E-state index contributed by atoms with van der Waals surface area (Å²) in [6.07, 6.45) is 1.58. The molecule has 4 rings (SSSR count). The highest BCUT2D eigenvalue weighted by atomic mass is 32.2. The Morgan fingerprint density at radius 3 is 2.24 bits per heavy atom. The van der Waals surface area contributed by atoms with Gasteiger partial charge in [-0.05, 0) is 80.1 Å². The number of amides is 4. The van der Waals surface area contributed by atoms with E-state index in [1.807, 2.05) is 57.2 Å². The topological polar surface area (TPSA) is 105 Å². The number of nitrogens with one attached hydrogen (secondary N) is 2. The van der Waals surface area contributed by atoms with Crippen molar-refractivity contribution in [2.75, 3.05) is 23.8 Å². The number of ether oxygens (including phenoxy) is 1. The van der Waals surface area contributed by atoms with E-state index < -0.39 is 17.1 Å². The van der Waals surface area contributed by atoms with Crippen molar-refractivity contribution in [2.45, 2.75) is 20.8 Å². The van der Waals surface area contributed by atoms with E-state index in [-0.39, 0.29) is 24.0 Å². The fourth-order valence-electron chi connectivity index (χ4n) is 3.72. The number of rotatable bonds is 8. The summed E-state index contributed by atoms with van der Waals surface area (Å²) in [4.78, 5) is 51.0. The summed E-state index contributed by atoms with van der Waals surface area (Å²) in [6.45, 7) is 5.28. The smallest absolute Gasteiger partial charge is 0.294 e. The lowest BCUT2D eigenvalue weighted by molar-refractivity contribution is -0.127. The predicted octanol–water partition coefficient (Wildman–Crippen LogP) is 5.30. The molecule has 38 heavy (non-hydrogen) atoms. The van der Waals surface area contributed by atoms with E-state index in [1.54, 1.807) is 36.4 Å². The van der Waals surface area contributed by atoms with E-state index in [4.69, 9.17) is 4.74 Å². The summed E-state index contributed by atoms with van der Waals surface area (Å²) in [7, 11) is 0. The average molecular weight is 530 g/mol. The minimum atomic E-state index is -0.524. The fourth-order valence-corrected chi connectivity index (χ4v) is 4.56. The zero-order valence-corrected chi connectivity index (χ0v) is 22.1. The van der Waals surface area contributed by atoms with Crippen LogP contribution in [-0.4, -0.2) is 41.0 Å². The monoisotopic (exact) mass is 529 g/mol. The minimum Gasteiger partial charge on any atom is -0.484 e. The molecule has 0 unspecified atom stereocenters. The van der Waals surface area contributed by atoms with Gasteiger partial charge in [-0.3, -0.25) is 24.1 Å². The molecule has 1 heterocycles. The molecule has 1 aliphatic heterocycles. The van der Waals surface area contributed by atoms with Crippen LogP contribution in [0.15, 0.2) is 71.6 Å². The van der Waals surface area contributed by atoms with Crippen LogP contribution in [0, 0.1) is 20.8 Å². The number of carbonyl (C=O) groups excluding carboxylic acids is 4. The maximum Gasteiger partial charge on any atom is 0.294 e. The lowest BCUT2D eigenvalue weighted by atomic mass is 10.1. The molecule has 3 aromatic rings. The minimum absolute atomic E-state index is 0.156. The Bertz CT molecular complexity index is 1420. The Hall–Kier alpha value is -4.37. The number of aryl methyl sites for hydroxylation is 3. The molecule has 3 aromatic carbocycles. The van der Waals surface area contributed by atoms with Gasteiger partial charge in [0.05, 0.1) is 4.91 Å². The normalized spacial score (nSPS) is 14.1. The molecular formula is C29H27N3O5S. The van der Waals surface area contributed by atoms with Gasteiger partial charge < -0.3 is 15.4 Å². The number of carbonyl (C=O) groups is 4. The van der Waals surface area contributed by atoms with Gasteiger partial charge in [0, 0.05) is 11.4 Å². The van der Waals surface area contributed by atoms with Crippen molar-refractivity contribution >= 4 is 52.2 Å². The van der Waals surface area contributed by atoms with Crippen LogP contribution in [0.25, 0.3) is 6.08 Å². The van der Waals surface area contributed by atoms with Crippen molar-refractivity contribution in [3.8, 4) is 5.75 Å². The zero-order chi connectivity index (χ0) is 27.2. The molecule has 4 amide bonds. The lowest BCUT2D eigenvalue weighted by Crippen LogP contribution is -2.36. The predicted molar refractivity (Wildman–Crippen MR) is 149 cm³/mol. The highest BCUT2D eigenvalue weighted by Gasteiger charge is 2.36. The first-order valence-corrected chi connectivity index (χ1v) is 12.7. The van der Waals surface area contributed by atoms with Gasteiger partial charge in [0.2, 0.25) is 5.91 Å². The standard InChI is InChI=1S/C29H27N3O5S/c1-18-4-9-22(10-5-18)30-27(34)17-37-23-11-7-21(8-12-23)15-25-28(35)32(29(36)38-25)16-26(33)31-24-13-6-19(2)14-20(24)3/h4-15H,16-17H2,1-3H3,(H,30,34)(H,31,33)/b25-15+. The van der Waals surface area contributed by atoms with Gasteiger partial charge in [-0.15, -0.1) is 0 Å². The molecule has 0 atom stereocenters. The van der Waals surface area contributed by atoms with Gasteiger partial charge in [-0.25, -0.2) is 0 Å². The maximum atomic E-state index is 12.8. The summed E-state index contributed by atoms with van der Waals surface area (Å²) in [5.41, 5.74) is 5.07. The van der Waals surface area contributed by atoms with Gasteiger partial charge in [0.1, 0.15) is 12.3 Å². The number of anilines is 2.